The molecule has 14 heavy (non-hydrogen) atoms. The highest BCUT2D eigenvalue weighted by Gasteiger charge is 2.13. The predicted molar refractivity (Wildman–Crippen MR) is 56.6 cm³/mol. The lowest BCUT2D eigenvalue weighted by molar-refractivity contribution is 0.478. The number of nitrogens with one attached hydrogen (secondary N) is 2. The number of rotatable bonds is 2. The van der Waals surface area contributed by atoms with Crippen molar-refractivity contribution in [2.45, 2.75) is 18.9 Å². The monoisotopic (exact) mass is 212 g/mol. The van der Waals surface area contributed by atoms with Gasteiger partial charge in [-0.3, -0.25) is 0 Å². The Balaban J connectivity index is 1.99. The second-order valence-corrected chi connectivity index (χ2v) is 3.80. The zero-order chi connectivity index (χ0) is 9.80. The lowest BCUT2D eigenvalue weighted by atomic mass is 10.1. The van der Waals surface area contributed by atoms with Crippen molar-refractivity contribution in [1.82, 2.24) is 15.3 Å². The van der Waals surface area contributed by atoms with E-state index in [-0.39, 0.29) is 0 Å². The van der Waals surface area contributed by atoms with Crippen LogP contribution < -0.4 is 10.6 Å². The zero-order valence-corrected chi connectivity index (χ0v) is 8.59. The Morgan fingerprint density at radius 1 is 1.43 bits per heavy atom. The molecule has 0 aliphatic carbocycles. The zero-order valence-electron chi connectivity index (χ0n) is 7.83. The minimum atomic E-state index is 0.476. The smallest absolute Gasteiger partial charge is 0.148 e. The van der Waals surface area contributed by atoms with Crippen LogP contribution in [0.15, 0.2) is 12.5 Å². The first-order chi connectivity index (χ1) is 6.86. The van der Waals surface area contributed by atoms with Crippen molar-refractivity contribution >= 4 is 17.4 Å². The van der Waals surface area contributed by atoms with E-state index in [0.717, 1.165) is 31.7 Å². The number of nitrogens with zero attached hydrogens (tertiary/aromatic N) is 2. The fraction of sp³-hybridized carbons (Fsp3) is 0.556. The topological polar surface area (TPSA) is 49.8 Å². The molecule has 1 aliphatic rings. The summed E-state index contributed by atoms with van der Waals surface area (Å²) in [5, 5.41) is 7.22. The van der Waals surface area contributed by atoms with Crippen molar-refractivity contribution in [3.05, 3.63) is 17.5 Å². The third kappa shape index (κ3) is 2.33. The number of piperidine rings is 1. The molecule has 1 aromatic rings. The third-order valence-electron chi connectivity index (χ3n) is 2.35. The Morgan fingerprint density at radius 3 is 2.93 bits per heavy atom. The van der Waals surface area contributed by atoms with Crippen LogP contribution in [0.1, 0.15) is 12.8 Å². The van der Waals surface area contributed by atoms with Crippen molar-refractivity contribution in [2.75, 3.05) is 18.4 Å². The Hall–Kier alpha value is -0.870. The summed E-state index contributed by atoms with van der Waals surface area (Å²) in [5.74, 6) is 0.744. The fourth-order valence-corrected chi connectivity index (χ4v) is 1.74. The average Bonchev–Trinajstić information content (AvgIpc) is 2.23. The van der Waals surface area contributed by atoms with Crippen molar-refractivity contribution < 1.29 is 0 Å². The molecule has 1 aromatic heterocycles. The molecular weight excluding hydrogens is 200 g/mol. The Morgan fingerprint density at radius 2 is 2.21 bits per heavy atom. The largest absolute Gasteiger partial charge is 0.366 e. The van der Waals surface area contributed by atoms with Gasteiger partial charge in [-0.15, -0.1) is 0 Å². The summed E-state index contributed by atoms with van der Waals surface area (Å²) in [6.45, 7) is 2.11. The van der Waals surface area contributed by atoms with E-state index in [1.54, 1.807) is 6.20 Å². The molecule has 5 heteroatoms. The molecule has 0 unspecified atom stereocenters. The first-order valence-electron chi connectivity index (χ1n) is 4.79. The quantitative estimate of drug-likeness (QED) is 0.776. The van der Waals surface area contributed by atoms with E-state index >= 15 is 0 Å². The first kappa shape index (κ1) is 9.68. The second-order valence-electron chi connectivity index (χ2n) is 3.39. The number of hydrogen-bond donors (Lipinski definition) is 2. The molecule has 4 nitrogen and oxygen atoms in total. The van der Waals surface area contributed by atoms with Gasteiger partial charge in [0, 0.05) is 6.04 Å². The molecule has 0 bridgehead atoms. The van der Waals surface area contributed by atoms with Crippen LogP contribution in [0, 0.1) is 0 Å². The summed E-state index contributed by atoms with van der Waals surface area (Å²) in [6.07, 6.45) is 5.34. The maximum atomic E-state index is 5.94. The highest BCUT2D eigenvalue weighted by Crippen LogP contribution is 2.19. The Labute approximate surface area is 88.1 Å². The first-order valence-corrected chi connectivity index (χ1v) is 5.17. The molecule has 0 saturated carbocycles. The molecule has 2 heterocycles. The lowest BCUT2D eigenvalue weighted by Crippen LogP contribution is -2.35. The van der Waals surface area contributed by atoms with Gasteiger partial charge in [0.15, 0.2) is 0 Å². The van der Waals surface area contributed by atoms with Crippen molar-refractivity contribution in [3.8, 4) is 0 Å². The molecule has 1 saturated heterocycles. The van der Waals surface area contributed by atoms with Gasteiger partial charge in [-0.25, -0.2) is 9.97 Å². The summed E-state index contributed by atoms with van der Waals surface area (Å²) in [6, 6.07) is 0.476. The Kier molecular flexibility index (Phi) is 3.16. The van der Waals surface area contributed by atoms with E-state index in [0.29, 0.717) is 11.1 Å². The van der Waals surface area contributed by atoms with Crippen molar-refractivity contribution in [3.63, 3.8) is 0 Å². The normalized spacial score (nSPS) is 18.1. The van der Waals surface area contributed by atoms with Gasteiger partial charge in [0.1, 0.15) is 17.2 Å². The summed E-state index contributed by atoms with van der Waals surface area (Å²) in [4.78, 5) is 7.94. The van der Waals surface area contributed by atoms with E-state index < -0.39 is 0 Å². The minimum Gasteiger partial charge on any atom is -0.366 e. The van der Waals surface area contributed by atoms with Gasteiger partial charge in [-0.05, 0) is 25.9 Å². The summed E-state index contributed by atoms with van der Waals surface area (Å²) < 4.78 is 0. The van der Waals surface area contributed by atoms with Crippen LogP contribution in [0.4, 0.5) is 5.82 Å². The molecule has 1 fully saturated rings. The van der Waals surface area contributed by atoms with Crippen LogP contribution in [0.5, 0.6) is 0 Å². The molecule has 0 amide bonds. The second kappa shape index (κ2) is 4.57. The Bertz CT molecular complexity index is 299. The van der Waals surface area contributed by atoms with Crippen LogP contribution in [0.25, 0.3) is 0 Å². The molecule has 0 radical (unpaired) electrons. The predicted octanol–water partition coefficient (Wildman–Crippen LogP) is 1.29. The SMILES string of the molecule is Clc1cncnc1NC1CCNCC1. The molecule has 0 aromatic carbocycles. The molecule has 1 aliphatic heterocycles. The highest BCUT2D eigenvalue weighted by atomic mass is 35.5. The van der Waals surface area contributed by atoms with Crippen molar-refractivity contribution in [1.29, 1.82) is 0 Å². The molecule has 2 rings (SSSR count). The summed E-state index contributed by atoms with van der Waals surface area (Å²) >= 11 is 5.94. The van der Waals surface area contributed by atoms with Gasteiger partial charge in [0.25, 0.3) is 0 Å². The molecule has 0 spiro atoms. The van der Waals surface area contributed by atoms with Gasteiger partial charge in [0.05, 0.1) is 6.20 Å². The van der Waals surface area contributed by atoms with Crippen LogP contribution in [-0.4, -0.2) is 29.1 Å². The fourth-order valence-electron chi connectivity index (χ4n) is 1.58. The third-order valence-corrected chi connectivity index (χ3v) is 2.62. The molecule has 76 valence electrons. The van der Waals surface area contributed by atoms with E-state index in [2.05, 4.69) is 20.6 Å². The van der Waals surface area contributed by atoms with E-state index in [9.17, 15) is 0 Å². The van der Waals surface area contributed by atoms with Gasteiger partial charge in [-0.2, -0.15) is 0 Å². The number of aromatic nitrogens is 2. The maximum absolute atomic E-state index is 5.94. The van der Waals surface area contributed by atoms with Gasteiger partial charge >= 0.3 is 0 Å². The van der Waals surface area contributed by atoms with E-state index in [1.807, 2.05) is 0 Å². The van der Waals surface area contributed by atoms with Gasteiger partial charge in [-0.1, -0.05) is 11.6 Å². The summed E-state index contributed by atoms with van der Waals surface area (Å²) in [5.41, 5.74) is 0. The van der Waals surface area contributed by atoms with Crippen LogP contribution in [0.3, 0.4) is 0 Å². The number of halogens is 1. The minimum absolute atomic E-state index is 0.476. The standard InChI is InChI=1S/C9H13ClN4/c10-8-5-12-6-13-9(8)14-7-1-3-11-4-2-7/h5-7,11H,1-4H2,(H,12,13,14). The summed E-state index contributed by atoms with van der Waals surface area (Å²) in [7, 11) is 0. The van der Waals surface area contributed by atoms with Crippen LogP contribution in [-0.2, 0) is 0 Å². The maximum Gasteiger partial charge on any atom is 0.148 e. The molecule has 0 atom stereocenters. The number of hydrogen-bond acceptors (Lipinski definition) is 4. The lowest BCUT2D eigenvalue weighted by Gasteiger charge is -2.24. The average molecular weight is 213 g/mol. The van der Waals surface area contributed by atoms with Crippen molar-refractivity contribution in [2.24, 2.45) is 0 Å². The van der Waals surface area contributed by atoms with E-state index in [4.69, 9.17) is 11.6 Å². The highest BCUT2D eigenvalue weighted by molar-refractivity contribution is 6.32. The van der Waals surface area contributed by atoms with Gasteiger partial charge < -0.3 is 10.6 Å². The molecule has 2 N–H and O–H groups in total. The van der Waals surface area contributed by atoms with Crippen LogP contribution >= 0.6 is 11.6 Å². The van der Waals surface area contributed by atoms with Crippen LogP contribution in [0.2, 0.25) is 5.02 Å². The van der Waals surface area contributed by atoms with Gasteiger partial charge in [0.2, 0.25) is 0 Å². The number of anilines is 1. The molecular formula is C9H13ClN4. The van der Waals surface area contributed by atoms with E-state index in [1.165, 1.54) is 6.33 Å².